The van der Waals surface area contributed by atoms with Gasteiger partial charge in [-0.25, -0.2) is 9.37 Å². The SMILES string of the molecule is Cc1nc2c(-c3ccccc3F)cnn2c(NCc2ccccn2)c1C. The molecule has 0 saturated heterocycles. The van der Waals surface area contributed by atoms with Gasteiger partial charge in [-0.2, -0.15) is 9.61 Å². The number of anilines is 1. The minimum atomic E-state index is -0.287. The Hall–Kier alpha value is -3.28. The van der Waals surface area contributed by atoms with Crippen LogP contribution in [0, 0.1) is 19.7 Å². The van der Waals surface area contributed by atoms with Crippen molar-refractivity contribution in [3.63, 3.8) is 0 Å². The van der Waals surface area contributed by atoms with Crippen LogP contribution in [0.15, 0.2) is 54.9 Å². The highest BCUT2D eigenvalue weighted by Crippen LogP contribution is 2.29. The van der Waals surface area contributed by atoms with E-state index in [4.69, 9.17) is 0 Å². The Morgan fingerprint density at radius 2 is 1.85 bits per heavy atom. The first-order chi connectivity index (χ1) is 12.6. The Kier molecular flexibility index (Phi) is 4.08. The minimum absolute atomic E-state index is 0.287. The molecule has 0 saturated carbocycles. The molecule has 1 aromatic carbocycles. The van der Waals surface area contributed by atoms with Gasteiger partial charge in [0.05, 0.1) is 18.4 Å². The van der Waals surface area contributed by atoms with Crippen LogP contribution in [-0.4, -0.2) is 19.6 Å². The van der Waals surface area contributed by atoms with Crippen LogP contribution in [-0.2, 0) is 6.54 Å². The van der Waals surface area contributed by atoms with Crippen LogP contribution < -0.4 is 5.32 Å². The van der Waals surface area contributed by atoms with Crippen molar-refractivity contribution in [3.8, 4) is 11.1 Å². The molecule has 26 heavy (non-hydrogen) atoms. The van der Waals surface area contributed by atoms with Gasteiger partial charge in [0.15, 0.2) is 5.65 Å². The van der Waals surface area contributed by atoms with Crippen LogP contribution in [0.2, 0.25) is 0 Å². The summed E-state index contributed by atoms with van der Waals surface area (Å²) in [5.74, 6) is 0.547. The van der Waals surface area contributed by atoms with Gasteiger partial charge in [0.25, 0.3) is 0 Å². The first-order valence-electron chi connectivity index (χ1n) is 8.39. The van der Waals surface area contributed by atoms with Crippen molar-refractivity contribution in [1.29, 1.82) is 0 Å². The number of nitrogens with one attached hydrogen (secondary N) is 1. The predicted molar refractivity (Wildman–Crippen MR) is 99.4 cm³/mol. The van der Waals surface area contributed by atoms with Crippen molar-refractivity contribution in [2.75, 3.05) is 5.32 Å². The molecule has 0 fully saturated rings. The molecule has 5 nitrogen and oxygen atoms in total. The van der Waals surface area contributed by atoms with Crippen molar-refractivity contribution >= 4 is 11.5 Å². The lowest BCUT2D eigenvalue weighted by Crippen LogP contribution is -2.10. The van der Waals surface area contributed by atoms with Gasteiger partial charge in [-0.15, -0.1) is 0 Å². The van der Waals surface area contributed by atoms with Gasteiger partial charge in [-0.1, -0.05) is 24.3 Å². The van der Waals surface area contributed by atoms with Gasteiger partial charge in [-0.05, 0) is 32.0 Å². The molecule has 0 aliphatic rings. The first kappa shape index (κ1) is 16.2. The Morgan fingerprint density at radius 3 is 2.62 bits per heavy atom. The fraction of sp³-hybridized carbons (Fsp3) is 0.150. The lowest BCUT2D eigenvalue weighted by molar-refractivity contribution is 0.631. The Labute approximate surface area is 150 Å². The normalized spacial score (nSPS) is 11.0. The van der Waals surface area contributed by atoms with Gasteiger partial charge in [0, 0.05) is 28.6 Å². The summed E-state index contributed by atoms with van der Waals surface area (Å²) in [6.07, 6.45) is 3.42. The highest BCUT2D eigenvalue weighted by molar-refractivity contribution is 5.79. The van der Waals surface area contributed by atoms with E-state index in [-0.39, 0.29) is 5.82 Å². The van der Waals surface area contributed by atoms with Crippen LogP contribution in [0.3, 0.4) is 0 Å². The molecule has 3 heterocycles. The van der Waals surface area contributed by atoms with Crippen molar-refractivity contribution in [1.82, 2.24) is 19.6 Å². The van der Waals surface area contributed by atoms with Crippen LogP contribution in [0.25, 0.3) is 16.8 Å². The predicted octanol–water partition coefficient (Wildman–Crippen LogP) is 4.16. The van der Waals surface area contributed by atoms with E-state index in [1.165, 1.54) is 6.07 Å². The van der Waals surface area contributed by atoms with E-state index in [1.807, 2.05) is 38.1 Å². The number of hydrogen-bond donors (Lipinski definition) is 1. The lowest BCUT2D eigenvalue weighted by atomic mass is 10.1. The summed E-state index contributed by atoms with van der Waals surface area (Å²) in [4.78, 5) is 8.98. The fourth-order valence-corrected chi connectivity index (χ4v) is 2.94. The molecule has 1 N–H and O–H groups in total. The third-order valence-electron chi connectivity index (χ3n) is 4.45. The molecule has 3 aromatic heterocycles. The van der Waals surface area contributed by atoms with Crippen molar-refractivity contribution in [3.05, 3.63) is 77.6 Å². The summed E-state index contributed by atoms with van der Waals surface area (Å²) in [5.41, 5.74) is 4.59. The molecule has 6 heteroatoms. The smallest absolute Gasteiger partial charge is 0.165 e. The number of halogens is 1. The Morgan fingerprint density at radius 1 is 1.04 bits per heavy atom. The maximum absolute atomic E-state index is 14.2. The zero-order chi connectivity index (χ0) is 18.1. The highest BCUT2D eigenvalue weighted by Gasteiger charge is 2.17. The summed E-state index contributed by atoms with van der Waals surface area (Å²) in [5, 5.41) is 7.85. The fourth-order valence-electron chi connectivity index (χ4n) is 2.94. The van der Waals surface area contributed by atoms with E-state index in [2.05, 4.69) is 20.4 Å². The monoisotopic (exact) mass is 347 g/mol. The van der Waals surface area contributed by atoms with Gasteiger partial charge in [-0.3, -0.25) is 4.98 Å². The molecule has 0 unspecified atom stereocenters. The molecule has 0 atom stereocenters. The van der Waals surface area contributed by atoms with Gasteiger partial charge in [0.1, 0.15) is 11.6 Å². The first-order valence-corrected chi connectivity index (χ1v) is 8.39. The van der Waals surface area contributed by atoms with Crippen molar-refractivity contribution in [2.45, 2.75) is 20.4 Å². The van der Waals surface area contributed by atoms with E-state index in [0.717, 1.165) is 22.8 Å². The van der Waals surface area contributed by atoms with Crippen molar-refractivity contribution < 1.29 is 4.39 Å². The van der Waals surface area contributed by atoms with E-state index >= 15 is 0 Å². The number of rotatable bonds is 4. The van der Waals surface area contributed by atoms with Gasteiger partial charge in [0.2, 0.25) is 0 Å². The number of aryl methyl sites for hydroxylation is 1. The average Bonchev–Trinajstić information content (AvgIpc) is 3.06. The molecule has 0 bridgehead atoms. The second kappa shape index (κ2) is 6.55. The number of nitrogens with zero attached hydrogens (tertiary/aromatic N) is 4. The van der Waals surface area contributed by atoms with Crippen LogP contribution in [0.4, 0.5) is 10.2 Å². The standard InChI is InChI=1S/C20H18FN5/c1-13-14(2)25-20-17(16-8-3-4-9-18(16)21)12-24-26(20)19(13)23-11-15-7-5-6-10-22-15/h3-10,12,23H,11H2,1-2H3. The third kappa shape index (κ3) is 2.79. The molecule has 0 radical (unpaired) electrons. The molecule has 0 aliphatic carbocycles. The second-order valence-corrected chi connectivity index (χ2v) is 6.12. The summed E-state index contributed by atoms with van der Waals surface area (Å²) < 4.78 is 16.0. The zero-order valence-electron chi connectivity index (χ0n) is 14.6. The van der Waals surface area contributed by atoms with Crippen molar-refractivity contribution in [2.24, 2.45) is 0 Å². The van der Waals surface area contributed by atoms with E-state index in [9.17, 15) is 4.39 Å². The van der Waals surface area contributed by atoms with E-state index in [1.54, 1.807) is 29.0 Å². The zero-order valence-corrected chi connectivity index (χ0v) is 14.6. The summed E-state index contributed by atoms with van der Waals surface area (Å²) in [7, 11) is 0. The Balaban J connectivity index is 1.81. The number of benzene rings is 1. The average molecular weight is 347 g/mol. The lowest BCUT2D eigenvalue weighted by Gasteiger charge is -2.13. The Bertz CT molecular complexity index is 1070. The van der Waals surface area contributed by atoms with E-state index in [0.29, 0.717) is 23.3 Å². The second-order valence-electron chi connectivity index (χ2n) is 6.12. The van der Waals surface area contributed by atoms with Crippen LogP contribution in [0.5, 0.6) is 0 Å². The van der Waals surface area contributed by atoms with E-state index < -0.39 is 0 Å². The highest BCUT2D eigenvalue weighted by atomic mass is 19.1. The number of pyridine rings is 1. The number of aromatic nitrogens is 4. The molecule has 130 valence electrons. The molecule has 0 amide bonds. The largest absolute Gasteiger partial charge is 0.364 e. The summed E-state index contributed by atoms with van der Waals surface area (Å²) >= 11 is 0. The number of hydrogen-bond acceptors (Lipinski definition) is 4. The molecular weight excluding hydrogens is 329 g/mol. The maximum atomic E-state index is 14.2. The molecule has 4 aromatic rings. The molecular formula is C20H18FN5. The molecule has 4 rings (SSSR count). The van der Waals surface area contributed by atoms with Gasteiger partial charge < -0.3 is 5.32 Å². The topological polar surface area (TPSA) is 55.1 Å². The maximum Gasteiger partial charge on any atom is 0.165 e. The number of fused-ring (bicyclic) bond motifs is 1. The van der Waals surface area contributed by atoms with Gasteiger partial charge >= 0.3 is 0 Å². The van der Waals surface area contributed by atoms with Crippen LogP contribution >= 0.6 is 0 Å². The quantitative estimate of drug-likeness (QED) is 0.602. The summed E-state index contributed by atoms with van der Waals surface area (Å²) in [6, 6.07) is 12.5. The molecule has 0 aliphatic heterocycles. The third-order valence-corrected chi connectivity index (χ3v) is 4.45. The summed E-state index contributed by atoms with van der Waals surface area (Å²) in [6.45, 7) is 4.50. The molecule has 0 spiro atoms. The minimum Gasteiger partial charge on any atom is -0.364 e. The van der Waals surface area contributed by atoms with Crippen LogP contribution in [0.1, 0.15) is 17.0 Å².